The van der Waals surface area contributed by atoms with Crippen molar-refractivity contribution < 1.29 is 4.79 Å². The number of rotatable bonds is 4. The van der Waals surface area contributed by atoms with Crippen LogP contribution in [0.1, 0.15) is 16.2 Å². The van der Waals surface area contributed by atoms with Crippen LogP contribution in [0.4, 0.5) is 0 Å². The maximum absolute atomic E-state index is 12.2. The van der Waals surface area contributed by atoms with E-state index in [-0.39, 0.29) is 5.91 Å². The lowest BCUT2D eigenvalue weighted by Gasteiger charge is -2.06. The molecule has 3 aromatic rings. The van der Waals surface area contributed by atoms with E-state index in [4.69, 9.17) is 11.6 Å². The summed E-state index contributed by atoms with van der Waals surface area (Å²) in [7, 11) is 0. The van der Waals surface area contributed by atoms with E-state index in [1.54, 1.807) is 18.2 Å². The quantitative estimate of drug-likeness (QED) is 0.758. The second-order valence-electron chi connectivity index (χ2n) is 4.68. The largest absolute Gasteiger partial charge is 0.352 e. The van der Waals surface area contributed by atoms with Gasteiger partial charge in [-0.1, -0.05) is 33.6 Å². The summed E-state index contributed by atoms with van der Waals surface area (Å²) in [4.78, 5) is 12.2. The third-order valence-electron chi connectivity index (χ3n) is 3.19. The molecule has 0 saturated carbocycles. The van der Waals surface area contributed by atoms with Gasteiger partial charge in [-0.25, -0.2) is 0 Å². The molecule has 0 bridgehead atoms. The number of nitrogens with zero attached hydrogens (tertiary/aromatic N) is 3. The molecule has 1 aromatic carbocycles. The van der Waals surface area contributed by atoms with Crippen molar-refractivity contribution in [3.8, 4) is 0 Å². The van der Waals surface area contributed by atoms with Gasteiger partial charge in [0.25, 0.3) is 5.91 Å². The summed E-state index contributed by atoms with van der Waals surface area (Å²) in [6, 6.07) is 10.9. The number of carbonyl (C=O) groups excluding carboxylic acids is 1. The molecule has 0 fully saturated rings. The summed E-state index contributed by atoms with van der Waals surface area (Å²) in [5, 5.41) is 11.5. The molecule has 7 heteroatoms. The van der Waals surface area contributed by atoms with Crippen molar-refractivity contribution >= 4 is 39.1 Å². The molecule has 5 nitrogen and oxygen atoms in total. The zero-order valence-corrected chi connectivity index (χ0v) is 13.8. The fourth-order valence-corrected chi connectivity index (χ4v) is 2.68. The summed E-state index contributed by atoms with van der Waals surface area (Å²) in [5.41, 5.74) is 1.24. The van der Waals surface area contributed by atoms with Gasteiger partial charge in [0.15, 0.2) is 5.65 Å². The number of fused-ring (bicyclic) bond motifs is 1. The molecule has 3 rings (SSSR count). The molecular formula is C15H12BrClN4O. The van der Waals surface area contributed by atoms with E-state index in [0.29, 0.717) is 23.6 Å². The van der Waals surface area contributed by atoms with E-state index < -0.39 is 0 Å². The van der Waals surface area contributed by atoms with Gasteiger partial charge < -0.3 is 5.32 Å². The van der Waals surface area contributed by atoms with Crippen molar-refractivity contribution in [3.05, 3.63) is 63.5 Å². The van der Waals surface area contributed by atoms with E-state index in [1.807, 2.05) is 28.8 Å². The van der Waals surface area contributed by atoms with Gasteiger partial charge in [0.2, 0.25) is 0 Å². The van der Waals surface area contributed by atoms with Crippen molar-refractivity contribution in [1.82, 2.24) is 19.9 Å². The molecule has 2 heterocycles. The minimum Gasteiger partial charge on any atom is -0.352 e. The molecular weight excluding hydrogens is 368 g/mol. The Morgan fingerprint density at radius 3 is 3.00 bits per heavy atom. The highest BCUT2D eigenvalue weighted by Gasteiger charge is 2.11. The first-order valence-electron chi connectivity index (χ1n) is 6.67. The van der Waals surface area contributed by atoms with E-state index in [1.165, 1.54) is 0 Å². The predicted octanol–water partition coefficient (Wildman–Crippen LogP) is 3.12. The smallest absolute Gasteiger partial charge is 0.252 e. The second kappa shape index (κ2) is 6.46. The average Bonchev–Trinajstić information content (AvgIpc) is 2.93. The SMILES string of the molecule is O=C(NCCc1nnc2ccccn12)c1cc(Br)ccc1Cl. The van der Waals surface area contributed by atoms with Crippen LogP contribution >= 0.6 is 27.5 Å². The van der Waals surface area contributed by atoms with Crippen LogP contribution in [-0.2, 0) is 6.42 Å². The van der Waals surface area contributed by atoms with Gasteiger partial charge >= 0.3 is 0 Å². The first-order valence-corrected chi connectivity index (χ1v) is 7.84. The van der Waals surface area contributed by atoms with E-state index in [0.717, 1.165) is 15.9 Å². The number of hydrogen-bond donors (Lipinski definition) is 1. The minimum atomic E-state index is -0.208. The van der Waals surface area contributed by atoms with Crippen LogP contribution in [0.5, 0.6) is 0 Å². The molecule has 0 aliphatic heterocycles. The number of halogens is 2. The fraction of sp³-hybridized carbons (Fsp3) is 0.133. The van der Waals surface area contributed by atoms with Crippen LogP contribution in [0.2, 0.25) is 5.02 Å². The van der Waals surface area contributed by atoms with Crippen molar-refractivity contribution in [2.75, 3.05) is 6.54 Å². The standard InChI is InChI=1S/C15H12BrClN4O/c16-10-4-5-12(17)11(9-10)15(22)18-7-6-14-20-19-13-3-1-2-8-21(13)14/h1-5,8-9H,6-7H2,(H,18,22). The molecule has 1 N–H and O–H groups in total. The lowest BCUT2D eigenvalue weighted by atomic mass is 10.2. The summed E-state index contributed by atoms with van der Waals surface area (Å²) in [6.07, 6.45) is 2.49. The zero-order valence-electron chi connectivity index (χ0n) is 11.5. The molecule has 0 aliphatic rings. The average molecular weight is 380 g/mol. The number of hydrogen-bond acceptors (Lipinski definition) is 3. The van der Waals surface area contributed by atoms with Gasteiger partial charge in [-0.15, -0.1) is 10.2 Å². The first-order chi connectivity index (χ1) is 10.6. The molecule has 22 heavy (non-hydrogen) atoms. The maximum atomic E-state index is 12.2. The number of benzene rings is 1. The fourth-order valence-electron chi connectivity index (χ4n) is 2.12. The Morgan fingerprint density at radius 1 is 1.27 bits per heavy atom. The van der Waals surface area contributed by atoms with Gasteiger partial charge in [0.1, 0.15) is 5.82 Å². The minimum absolute atomic E-state index is 0.208. The van der Waals surface area contributed by atoms with Crippen LogP contribution in [0.25, 0.3) is 5.65 Å². The highest BCUT2D eigenvalue weighted by Crippen LogP contribution is 2.20. The van der Waals surface area contributed by atoms with Crippen LogP contribution < -0.4 is 5.32 Å². The van der Waals surface area contributed by atoms with Gasteiger partial charge in [0.05, 0.1) is 10.6 Å². The van der Waals surface area contributed by atoms with E-state index >= 15 is 0 Å². The monoisotopic (exact) mass is 378 g/mol. The Hall–Kier alpha value is -1.92. The molecule has 0 atom stereocenters. The Kier molecular flexibility index (Phi) is 4.40. The van der Waals surface area contributed by atoms with Crippen molar-refractivity contribution in [3.63, 3.8) is 0 Å². The predicted molar refractivity (Wildman–Crippen MR) is 88.2 cm³/mol. The topological polar surface area (TPSA) is 59.3 Å². The molecule has 0 aliphatic carbocycles. The highest BCUT2D eigenvalue weighted by atomic mass is 79.9. The van der Waals surface area contributed by atoms with Crippen molar-refractivity contribution in [1.29, 1.82) is 0 Å². The number of nitrogens with one attached hydrogen (secondary N) is 1. The molecule has 0 radical (unpaired) electrons. The van der Waals surface area contributed by atoms with Crippen LogP contribution in [-0.4, -0.2) is 27.0 Å². The Balaban J connectivity index is 1.65. The summed E-state index contributed by atoms with van der Waals surface area (Å²) >= 11 is 9.37. The molecule has 0 spiro atoms. The molecule has 0 saturated heterocycles. The molecule has 2 aromatic heterocycles. The maximum Gasteiger partial charge on any atom is 0.252 e. The lowest BCUT2D eigenvalue weighted by molar-refractivity contribution is 0.0954. The molecule has 0 unspecified atom stereocenters. The number of pyridine rings is 1. The second-order valence-corrected chi connectivity index (χ2v) is 6.00. The summed E-state index contributed by atoms with van der Waals surface area (Å²) in [5.74, 6) is 0.594. The number of amides is 1. The van der Waals surface area contributed by atoms with Gasteiger partial charge in [0, 0.05) is 23.6 Å². The van der Waals surface area contributed by atoms with Crippen molar-refractivity contribution in [2.24, 2.45) is 0 Å². The van der Waals surface area contributed by atoms with E-state index in [2.05, 4.69) is 31.4 Å². The third kappa shape index (κ3) is 3.13. The summed E-state index contributed by atoms with van der Waals surface area (Å²) < 4.78 is 2.71. The Labute approximate surface area is 140 Å². The Morgan fingerprint density at radius 2 is 2.14 bits per heavy atom. The molecule has 1 amide bonds. The lowest BCUT2D eigenvalue weighted by Crippen LogP contribution is -2.26. The zero-order chi connectivity index (χ0) is 15.5. The van der Waals surface area contributed by atoms with Gasteiger partial charge in [-0.3, -0.25) is 9.20 Å². The van der Waals surface area contributed by atoms with Gasteiger partial charge in [-0.2, -0.15) is 0 Å². The third-order valence-corrected chi connectivity index (χ3v) is 4.01. The van der Waals surface area contributed by atoms with Crippen LogP contribution in [0, 0.1) is 0 Å². The Bertz CT molecular complexity index is 833. The summed E-state index contributed by atoms with van der Waals surface area (Å²) in [6.45, 7) is 0.456. The van der Waals surface area contributed by atoms with E-state index in [9.17, 15) is 4.79 Å². The van der Waals surface area contributed by atoms with Crippen LogP contribution in [0.3, 0.4) is 0 Å². The van der Waals surface area contributed by atoms with Gasteiger partial charge in [-0.05, 0) is 30.3 Å². The number of aromatic nitrogens is 3. The highest BCUT2D eigenvalue weighted by molar-refractivity contribution is 9.10. The normalized spacial score (nSPS) is 10.8. The molecule has 112 valence electrons. The first kappa shape index (κ1) is 15.0. The number of carbonyl (C=O) groups is 1. The van der Waals surface area contributed by atoms with Crippen LogP contribution in [0.15, 0.2) is 47.1 Å². The van der Waals surface area contributed by atoms with Crippen molar-refractivity contribution in [2.45, 2.75) is 6.42 Å².